The minimum Gasteiger partial charge on any atom is -0.346 e. The van der Waals surface area contributed by atoms with E-state index >= 15 is 0 Å². The van der Waals surface area contributed by atoms with Crippen molar-refractivity contribution in [3.8, 4) is 0 Å². The molecular formula is C17H15ClFNO. The molecule has 108 valence electrons. The van der Waals surface area contributed by atoms with Crippen LogP contribution >= 0.6 is 11.6 Å². The van der Waals surface area contributed by atoms with Gasteiger partial charge in [-0.3, -0.25) is 4.79 Å². The average Bonchev–Trinajstić information content (AvgIpc) is 2.46. The van der Waals surface area contributed by atoms with Crippen LogP contribution in [0.3, 0.4) is 0 Å². The first-order valence-corrected chi connectivity index (χ1v) is 6.92. The van der Waals surface area contributed by atoms with Crippen molar-refractivity contribution in [2.45, 2.75) is 13.0 Å². The van der Waals surface area contributed by atoms with Crippen LogP contribution in [-0.2, 0) is 4.79 Å². The number of carbonyl (C=O) groups is 1. The topological polar surface area (TPSA) is 29.1 Å². The van der Waals surface area contributed by atoms with Gasteiger partial charge in [-0.25, -0.2) is 4.39 Å². The zero-order chi connectivity index (χ0) is 15.2. The maximum Gasteiger partial charge on any atom is 0.244 e. The van der Waals surface area contributed by atoms with Crippen LogP contribution in [0.4, 0.5) is 4.39 Å². The van der Waals surface area contributed by atoms with Gasteiger partial charge in [0.25, 0.3) is 0 Å². The molecule has 2 aromatic rings. The zero-order valence-electron chi connectivity index (χ0n) is 11.5. The summed E-state index contributed by atoms with van der Waals surface area (Å²) in [6, 6.07) is 13.1. The summed E-state index contributed by atoms with van der Waals surface area (Å²) in [6.45, 7) is 1.88. The summed E-state index contributed by atoms with van der Waals surface area (Å²) < 4.78 is 12.8. The van der Waals surface area contributed by atoms with Crippen LogP contribution in [-0.4, -0.2) is 5.91 Å². The summed E-state index contributed by atoms with van der Waals surface area (Å²) in [7, 11) is 0. The Morgan fingerprint density at radius 1 is 1.24 bits per heavy atom. The molecule has 0 aliphatic heterocycles. The summed E-state index contributed by atoms with van der Waals surface area (Å²) in [4.78, 5) is 11.8. The molecule has 1 atom stereocenters. The van der Waals surface area contributed by atoms with Gasteiger partial charge in [-0.15, -0.1) is 0 Å². The highest BCUT2D eigenvalue weighted by Crippen LogP contribution is 2.17. The number of nitrogens with one attached hydrogen (secondary N) is 1. The first-order chi connectivity index (χ1) is 10.0. The second kappa shape index (κ2) is 7.04. The van der Waals surface area contributed by atoms with Crippen molar-refractivity contribution in [3.63, 3.8) is 0 Å². The van der Waals surface area contributed by atoms with Crippen LogP contribution in [0.25, 0.3) is 6.08 Å². The summed E-state index contributed by atoms with van der Waals surface area (Å²) in [5, 5.41) is 3.48. The highest BCUT2D eigenvalue weighted by atomic mass is 35.5. The number of carbonyl (C=O) groups excluding carboxylic acids is 1. The fraction of sp³-hybridized carbons (Fsp3) is 0.118. The maximum absolute atomic E-state index is 12.8. The van der Waals surface area contributed by atoms with Gasteiger partial charge >= 0.3 is 0 Å². The van der Waals surface area contributed by atoms with Crippen LogP contribution in [0.5, 0.6) is 0 Å². The summed E-state index contributed by atoms with van der Waals surface area (Å²) in [6.07, 6.45) is 3.06. The first kappa shape index (κ1) is 15.3. The Balaban J connectivity index is 1.96. The molecule has 0 saturated carbocycles. The highest BCUT2D eigenvalue weighted by molar-refractivity contribution is 6.30. The first-order valence-electron chi connectivity index (χ1n) is 6.54. The second-order valence-corrected chi connectivity index (χ2v) is 5.11. The van der Waals surface area contributed by atoms with Crippen LogP contribution in [0.15, 0.2) is 54.6 Å². The van der Waals surface area contributed by atoms with Gasteiger partial charge in [0.1, 0.15) is 5.82 Å². The van der Waals surface area contributed by atoms with Gasteiger partial charge in [0.2, 0.25) is 5.91 Å². The molecule has 2 rings (SSSR count). The van der Waals surface area contributed by atoms with Crippen LogP contribution in [0.1, 0.15) is 24.1 Å². The number of hydrogen-bond acceptors (Lipinski definition) is 1. The predicted octanol–water partition coefficient (Wildman–Crippen LogP) is 4.37. The van der Waals surface area contributed by atoms with Crippen molar-refractivity contribution in [3.05, 3.63) is 76.6 Å². The van der Waals surface area contributed by atoms with Gasteiger partial charge in [-0.2, -0.15) is 0 Å². The molecule has 2 aromatic carbocycles. The molecule has 0 aromatic heterocycles. The third-order valence-electron chi connectivity index (χ3n) is 3.00. The van der Waals surface area contributed by atoms with E-state index in [0.717, 1.165) is 11.1 Å². The Bertz CT molecular complexity index is 652. The van der Waals surface area contributed by atoms with Gasteiger partial charge in [-0.05, 0) is 48.4 Å². The molecule has 4 heteroatoms. The minimum atomic E-state index is -0.300. The van der Waals surface area contributed by atoms with Gasteiger partial charge in [0.15, 0.2) is 0 Å². The van der Waals surface area contributed by atoms with Crippen molar-refractivity contribution in [1.29, 1.82) is 0 Å². The number of halogens is 2. The number of benzene rings is 2. The van der Waals surface area contributed by atoms with E-state index in [1.807, 2.05) is 25.1 Å². The van der Waals surface area contributed by atoms with Gasteiger partial charge < -0.3 is 5.32 Å². The molecule has 0 saturated heterocycles. The smallest absolute Gasteiger partial charge is 0.244 e. The molecular weight excluding hydrogens is 289 g/mol. The molecule has 0 aliphatic rings. The third-order valence-corrected chi connectivity index (χ3v) is 3.24. The van der Waals surface area contributed by atoms with Crippen LogP contribution in [0, 0.1) is 5.82 Å². The van der Waals surface area contributed by atoms with Gasteiger partial charge in [-0.1, -0.05) is 35.9 Å². The lowest BCUT2D eigenvalue weighted by molar-refractivity contribution is -0.117. The lowest BCUT2D eigenvalue weighted by Crippen LogP contribution is -2.24. The van der Waals surface area contributed by atoms with Crippen molar-refractivity contribution >= 4 is 23.6 Å². The lowest BCUT2D eigenvalue weighted by atomic mass is 10.1. The molecule has 0 fully saturated rings. The van der Waals surface area contributed by atoms with Gasteiger partial charge in [0.05, 0.1) is 6.04 Å². The molecule has 1 amide bonds. The monoisotopic (exact) mass is 303 g/mol. The van der Waals surface area contributed by atoms with Crippen molar-refractivity contribution in [2.75, 3.05) is 0 Å². The van der Waals surface area contributed by atoms with Crippen molar-refractivity contribution in [2.24, 2.45) is 0 Å². The van der Waals surface area contributed by atoms with Gasteiger partial charge in [0, 0.05) is 11.1 Å². The number of amides is 1. The quantitative estimate of drug-likeness (QED) is 0.835. The fourth-order valence-electron chi connectivity index (χ4n) is 1.87. The molecule has 0 unspecified atom stereocenters. The highest BCUT2D eigenvalue weighted by Gasteiger charge is 2.07. The van der Waals surface area contributed by atoms with E-state index in [1.165, 1.54) is 18.2 Å². The normalized spacial score (nSPS) is 12.3. The summed E-state index contributed by atoms with van der Waals surface area (Å²) in [5.74, 6) is -0.516. The zero-order valence-corrected chi connectivity index (χ0v) is 12.3. The van der Waals surface area contributed by atoms with E-state index < -0.39 is 0 Å². The molecule has 21 heavy (non-hydrogen) atoms. The Morgan fingerprint density at radius 2 is 1.95 bits per heavy atom. The molecule has 0 heterocycles. The molecule has 0 spiro atoms. The Labute approximate surface area is 128 Å². The Hall–Kier alpha value is -2.13. The summed E-state index contributed by atoms with van der Waals surface area (Å²) in [5.41, 5.74) is 1.70. The molecule has 2 nitrogen and oxygen atoms in total. The summed E-state index contributed by atoms with van der Waals surface area (Å²) >= 11 is 5.92. The standard InChI is InChI=1S/C17H15ClFNO/c1-12(14-3-2-4-15(18)11-14)20-17(21)10-7-13-5-8-16(19)9-6-13/h2-12H,1H3,(H,20,21)/b10-7+/t12-/m0/s1. The lowest BCUT2D eigenvalue weighted by Gasteiger charge is -2.13. The van der Waals surface area contributed by atoms with Crippen LogP contribution in [0.2, 0.25) is 5.02 Å². The van der Waals surface area contributed by atoms with E-state index in [2.05, 4.69) is 5.32 Å². The Kier molecular flexibility index (Phi) is 5.12. The molecule has 0 bridgehead atoms. The van der Waals surface area contributed by atoms with E-state index in [0.29, 0.717) is 5.02 Å². The second-order valence-electron chi connectivity index (χ2n) is 4.67. The van der Waals surface area contributed by atoms with E-state index in [-0.39, 0.29) is 17.8 Å². The third kappa shape index (κ3) is 4.72. The number of rotatable bonds is 4. The average molecular weight is 304 g/mol. The van der Waals surface area contributed by atoms with Crippen LogP contribution < -0.4 is 5.32 Å². The van der Waals surface area contributed by atoms with Crippen molar-refractivity contribution < 1.29 is 9.18 Å². The predicted molar refractivity (Wildman–Crippen MR) is 83.4 cm³/mol. The largest absolute Gasteiger partial charge is 0.346 e. The Morgan fingerprint density at radius 3 is 2.62 bits per heavy atom. The minimum absolute atomic E-state index is 0.144. The molecule has 0 aliphatic carbocycles. The molecule has 1 N–H and O–H groups in total. The fourth-order valence-corrected chi connectivity index (χ4v) is 2.07. The number of hydrogen-bond donors (Lipinski definition) is 1. The molecule has 0 radical (unpaired) electrons. The SMILES string of the molecule is C[C@H](NC(=O)/C=C/c1ccc(F)cc1)c1cccc(Cl)c1. The van der Waals surface area contributed by atoms with Crippen molar-refractivity contribution in [1.82, 2.24) is 5.32 Å². The van der Waals surface area contributed by atoms with E-state index in [4.69, 9.17) is 11.6 Å². The van der Waals surface area contributed by atoms with E-state index in [1.54, 1.807) is 24.3 Å². The van der Waals surface area contributed by atoms with E-state index in [9.17, 15) is 9.18 Å². The maximum atomic E-state index is 12.8.